The molecule has 2 heteroatoms. The fraction of sp³-hybridized carbons (Fsp3) is 0.455. The van der Waals surface area contributed by atoms with E-state index >= 15 is 0 Å². The quantitative estimate of drug-likeness (QED) is 0.594. The minimum Gasteiger partial charge on any atom is -0.494 e. The first-order valence-electron chi connectivity index (χ1n) is 8.79. The Kier molecular flexibility index (Phi) is 6.04. The highest BCUT2D eigenvalue weighted by Gasteiger charge is 2.16. The van der Waals surface area contributed by atoms with Crippen LogP contribution in [-0.2, 0) is 6.42 Å². The van der Waals surface area contributed by atoms with E-state index in [0.29, 0.717) is 17.6 Å². The summed E-state index contributed by atoms with van der Waals surface area (Å²) in [5, 5.41) is 0. The monoisotopic (exact) mass is 328 g/mol. The Hall–Kier alpha value is -1.83. The summed E-state index contributed by atoms with van der Waals surface area (Å²) in [6.45, 7) is 10.7. The van der Waals surface area contributed by atoms with Crippen LogP contribution < -0.4 is 4.74 Å². The van der Waals surface area contributed by atoms with Gasteiger partial charge in [0.25, 0.3) is 0 Å². The fourth-order valence-electron chi connectivity index (χ4n) is 3.06. The smallest absolute Gasteiger partial charge is 0.168 e. The Morgan fingerprint density at radius 1 is 0.917 bits per heavy atom. The number of methoxy groups -OCH3 is 1. The first-order chi connectivity index (χ1) is 11.3. The van der Waals surface area contributed by atoms with Crippen LogP contribution in [0.4, 0.5) is 4.39 Å². The first-order valence-corrected chi connectivity index (χ1v) is 8.79. The molecule has 0 bridgehead atoms. The zero-order valence-corrected chi connectivity index (χ0v) is 15.7. The number of hydrogen-bond donors (Lipinski definition) is 0. The number of ether oxygens (including phenoxy) is 1. The van der Waals surface area contributed by atoms with Gasteiger partial charge in [-0.3, -0.25) is 0 Å². The molecular formula is C22H29FO. The standard InChI is InChI=1S/C22H29FO/c1-14(2)18-8-7-9-19(13-18)16(5)10-17-11-20(15(3)4)22(23)21(12-17)24-6/h7-9,11-16H,10H2,1-6H3. The molecule has 2 aromatic rings. The van der Waals surface area contributed by atoms with Crippen LogP contribution in [0.15, 0.2) is 36.4 Å². The molecule has 2 aromatic carbocycles. The van der Waals surface area contributed by atoms with Gasteiger partial charge in [-0.2, -0.15) is 0 Å². The van der Waals surface area contributed by atoms with E-state index in [4.69, 9.17) is 4.74 Å². The first kappa shape index (κ1) is 18.5. The van der Waals surface area contributed by atoms with Gasteiger partial charge in [0.1, 0.15) is 0 Å². The lowest BCUT2D eigenvalue weighted by Gasteiger charge is -2.18. The third-order valence-electron chi connectivity index (χ3n) is 4.66. The van der Waals surface area contributed by atoms with Gasteiger partial charge in [-0.25, -0.2) is 4.39 Å². The average molecular weight is 328 g/mol. The molecule has 0 radical (unpaired) electrons. The summed E-state index contributed by atoms with van der Waals surface area (Å²) in [6.07, 6.45) is 0.873. The summed E-state index contributed by atoms with van der Waals surface area (Å²) in [4.78, 5) is 0. The van der Waals surface area contributed by atoms with Crippen molar-refractivity contribution in [3.63, 3.8) is 0 Å². The van der Waals surface area contributed by atoms with E-state index in [0.717, 1.165) is 17.5 Å². The molecule has 1 nitrogen and oxygen atoms in total. The van der Waals surface area contributed by atoms with Gasteiger partial charge in [0, 0.05) is 0 Å². The summed E-state index contributed by atoms with van der Waals surface area (Å²) < 4.78 is 19.6. The van der Waals surface area contributed by atoms with Crippen LogP contribution in [0.25, 0.3) is 0 Å². The molecule has 1 unspecified atom stereocenters. The molecule has 0 aromatic heterocycles. The zero-order valence-electron chi connectivity index (χ0n) is 15.7. The third kappa shape index (κ3) is 4.17. The number of hydrogen-bond acceptors (Lipinski definition) is 1. The molecule has 1 atom stereocenters. The van der Waals surface area contributed by atoms with Crippen molar-refractivity contribution in [3.8, 4) is 5.75 Å². The lowest BCUT2D eigenvalue weighted by atomic mass is 9.89. The second kappa shape index (κ2) is 7.83. The van der Waals surface area contributed by atoms with Crippen molar-refractivity contribution >= 4 is 0 Å². The molecule has 0 aliphatic carbocycles. The van der Waals surface area contributed by atoms with Gasteiger partial charge in [-0.15, -0.1) is 0 Å². The maximum Gasteiger partial charge on any atom is 0.168 e. The average Bonchev–Trinajstić information content (AvgIpc) is 2.56. The summed E-state index contributed by atoms with van der Waals surface area (Å²) in [5.74, 6) is 1.15. The van der Waals surface area contributed by atoms with Gasteiger partial charge in [-0.05, 0) is 52.5 Å². The molecule has 2 rings (SSSR count). The van der Waals surface area contributed by atoms with Crippen molar-refractivity contribution in [1.82, 2.24) is 0 Å². The molecule has 0 amide bonds. The highest BCUT2D eigenvalue weighted by atomic mass is 19.1. The lowest BCUT2D eigenvalue weighted by molar-refractivity contribution is 0.382. The van der Waals surface area contributed by atoms with Crippen molar-refractivity contribution in [1.29, 1.82) is 0 Å². The normalized spacial score (nSPS) is 12.7. The molecule has 0 heterocycles. The van der Waals surface area contributed by atoms with Gasteiger partial charge in [0.15, 0.2) is 11.6 Å². The molecule has 24 heavy (non-hydrogen) atoms. The maximum atomic E-state index is 14.4. The zero-order chi connectivity index (χ0) is 17.9. The SMILES string of the molecule is COc1cc(CC(C)c2cccc(C(C)C)c2)cc(C(C)C)c1F. The van der Waals surface area contributed by atoms with Crippen molar-refractivity contribution in [2.45, 2.75) is 58.8 Å². The fourth-order valence-corrected chi connectivity index (χ4v) is 3.06. The molecule has 0 aliphatic heterocycles. The second-order valence-electron chi connectivity index (χ2n) is 7.29. The molecule has 0 saturated heterocycles. The van der Waals surface area contributed by atoms with Crippen LogP contribution in [0.1, 0.15) is 74.6 Å². The predicted molar refractivity (Wildman–Crippen MR) is 99.7 cm³/mol. The number of halogens is 1. The van der Waals surface area contributed by atoms with E-state index < -0.39 is 0 Å². The highest BCUT2D eigenvalue weighted by Crippen LogP contribution is 2.31. The summed E-state index contributed by atoms with van der Waals surface area (Å²) in [5.41, 5.74) is 4.54. The Morgan fingerprint density at radius 3 is 2.17 bits per heavy atom. The topological polar surface area (TPSA) is 9.23 Å². The van der Waals surface area contributed by atoms with Crippen molar-refractivity contribution in [2.75, 3.05) is 7.11 Å². The second-order valence-corrected chi connectivity index (χ2v) is 7.29. The molecule has 0 aliphatic rings. The molecule has 0 N–H and O–H groups in total. The van der Waals surface area contributed by atoms with Crippen LogP contribution in [0, 0.1) is 5.82 Å². The minimum absolute atomic E-state index is 0.137. The summed E-state index contributed by atoms with van der Waals surface area (Å²) in [7, 11) is 1.53. The largest absolute Gasteiger partial charge is 0.494 e. The molecular weight excluding hydrogens is 299 g/mol. The van der Waals surface area contributed by atoms with Crippen LogP contribution in [0.2, 0.25) is 0 Å². The van der Waals surface area contributed by atoms with Gasteiger partial charge >= 0.3 is 0 Å². The van der Waals surface area contributed by atoms with Gasteiger partial charge in [0.05, 0.1) is 7.11 Å². The van der Waals surface area contributed by atoms with E-state index in [1.165, 1.54) is 18.2 Å². The van der Waals surface area contributed by atoms with Crippen molar-refractivity contribution in [2.24, 2.45) is 0 Å². The molecule has 0 spiro atoms. The van der Waals surface area contributed by atoms with Crippen molar-refractivity contribution < 1.29 is 9.13 Å². The molecule has 130 valence electrons. The Bertz CT molecular complexity index is 688. The van der Waals surface area contributed by atoms with Crippen LogP contribution in [-0.4, -0.2) is 7.11 Å². The Balaban J connectivity index is 2.30. The summed E-state index contributed by atoms with van der Waals surface area (Å²) >= 11 is 0. The number of benzene rings is 2. The predicted octanol–water partition coefficient (Wildman–Crippen LogP) is 6.43. The Morgan fingerprint density at radius 2 is 1.58 bits per heavy atom. The minimum atomic E-state index is -0.231. The van der Waals surface area contributed by atoms with Crippen LogP contribution >= 0.6 is 0 Å². The molecule has 0 fully saturated rings. The van der Waals surface area contributed by atoms with Crippen LogP contribution in [0.3, 0.4) is 0 Å². The Labute approximate surface area is 145 Å². The van der Waals surface area contributed by atoms with Crippen molar-refractivity contribution in [3.05, 3.63) is 64.5 Å². The van der Waals surface area contributed by atoms with Gasteiger partial charge in [-0.1, -0.05) is 65.0 Å². The lowest BCUT2D eigenvalue weighted by Crippen LogP contribution is -2.04. The number of rotatable bonds is 6. The molecule has 0 saturated carbocycles. The van der Waals surface area contributed by atoms with E-state index in [2.05, 4.69) is 45.0 Å². The summed E-state index contributed by atoms with van der Waals surface area (Å²) in [6, 6.07) is 12.6. The van der Waals surface area contributed by atoms with Gasteiger partial charge in [0.2, 0.25) is 0 Å². The van der Waals surface area contributed by atoms with E-state index in [1.807, 2.05) is 26.0 Å². The highest BCUT2D eigenvalue weighted by molar-refractivity contribution is 5.39. The van der Waals surface area contributed by atoms with E-state index in [9.17, 15) is 4.39 Å². The van der Waals surface area contributed by atoms with Crippen LogP contribution in [0.5, 0.6) is 5.75 Å². The van der Waals surface area contributed by atoms with Gasteiger partial charge < -0.3 is 4.74 Å². The third-order valence-corrected chi connectivity index (χ3v) is 4.66. The van der Waals surface area contributed by atoms with E-state index in [1.54, 1.807) is 0 Å². The maximum absolute atomic E-state index is 14.4. The van der Waals surface area contributed by atoms with E-state index in [-0.39, 0.29) is 11.7 Å².